The van der Waals surface area contributed by atoms with Crippen LogP contribution in [0.25, 0.3) is 0 Å². The Kier molecular flexibility index (Phi) is 6.69. The predicted octanol–water partition coefficient (Wildman–Crippen LogP) is 4.92. The Morgan fingerprint density at radius 3 is 1.33 bits per heavy atom. The van der Waals surface area contributed by atoms with E-state index in [9.17, 15) is 19.2 Å². The topological polar surface area (TPSA) is 86.7 Å². The van der Waals surface area contributed by atoms with Gasteiger partial charge in [-0.15, -0.1) is 0 Å². The third-order valence-corrected chi connectivity index (χ3v) is 4.42. The number of hydrogen-bond acceptors (Lipinski definition) is 6. The summed E-state index contributed by atoms with van der Waals surface area (Å²) in [5.74, 6) is -2.69. The molecule has 1 rings (SSSR count). The molecule has 0 aromatic carbocycles. The van der Waals surface area contributed by atoms with Gasteiger partial charge in [0.2, 0.25) is 0 Å². The minimum atomic E-state index is -0.915. The molecule has 1 aliphatic heterocycles. The fourth-order valence-corrected chi connectivity index (χ4v) is 2.63. The van der Waals surface area contributed by atoms with Gasteiger partial charge in [-0.1, -0.05) is 83.1 Å². The zero-order valence-corrected chi connectivity index (χ0v) is 20.4. The summed E-state index contributed by atoms with van der Waals surface area (Å²) in [5.41, 5.74) is -3.91. The van der Waals surface area contributed by atoms with Gasteiger partial charge in [0.05, 0.1) is 0 Å². The van der Waals surface area contributed by atoms with Crippen molar-refractivity contribution in [2.75, 3.05) is 0 Å². The standard InChI is InChI=1S/C24H36O6/c1-21(2,3)15(25)13(16(26)22(4,5)6)20-29-18(24(10,11)12)14(19(28)30-20)17(27)23(7,8)9/h1-12H3. The predicted molar refractivity (Wildman–Crippen MR) is 114 cm³/mol. The van der Waals surface area contributed by atoms with Crippen molar-refractivity contribution in [2.24, 2.45) is 21.7 Å². The van der Waals surface area contributed by atoms with Crippen molar-refractivity contribution in [1.29, 1.82) is 0 Å². The number of ketones is 3. The number of carbonyl (C=O) groups excluding carboxylic acids is 4. The molecule has 0 atom stereocenters. The highest BCUT2D eigenvalue weighted by Crippen LogP contribution is 2.40. The minimum Gasteiger partial charge on any atom is -0.428 e. The van der Waals surface area contributed by atoms with E-state index in [2.05, 4.69) is 0 Å². The zero-order chi connectivity index (χ0) is 24.0. The van der Waals surface area contributed by atoms with E-state index in [-0.39, 0.29) is 16.9 Å². The molecule has 0 radical (unpaired) electrons. The van der Waals surface area contributed by atoms with Crippen LogP contribution in [-0.2, 0) is 28.7 Å². The number of carbonyl (C=O) groups is 4. The number of ether oxygens (including phenoxy) is 2. The molecule has 6 heteroatoms. The average molecular weight is 421 g/mol. The quantitative estimate of drug-likeness (QED) is 0.279. The molecule has 30 heavy (non-hydrogen) atoms. The first-order valence-corrected chi connectivity index (χ1v) is 10.1. The summed E-state index contributed by atoms with van der Waals surface area (Å²) in [4.78, 5) is 52.2. The van der Waals surface area contributed by atoms with Crippen molar-refractivity contribution in [3.63, 3.8) is 0 Å². The van der Waals surface area contributed by atoms with Crippen molar-refractivity contribution in [3.8, 4) is 0 Å². The second kappa shape index (κ2) is 7.78. The van der Waals surface area contributed by atoms with E-state index in [1.165, 1.54) is 0 Å². The Morgan fingerprint density at radius 1 is 0.633 bits per heavy atom. The van der Waals surface area contributed by atoms with Gasteiger partial charge >= 0.3 is 11.9 Å². The second-order valence-electron chi connectivity index (χ2n) is 11.8. The summed E-state index contributed by atoms with van der Waals surface area (Å²) < 4.78 is 11.2. The molecule has 0 aromatic rings. The Hall–Kier alpha value is -2.24. The van der Waals surface area contributed by atoms with Crippen molar-refractivity contribution in [2.45, 2.75) is 83.1 Å². The number of cyclic esters (lactones) is 1. The smallest absolute Gasteiger partial charge is 0.353 e. The van der Waals surface area contributed by atoms with Crippen LogP contribution in [0.5, 0.6) is 0 Å². The van der Waals surface area contributed by atoms with Crippen LogP contribution in [0.2, 0.25) is 0 Å². The molecule has 0 aromatic heterocycles. The molecular formula is C24H36O6. The lowest BCUT2D eigenvalue weighted by molar-refractivity contribution is -0.147. The molecule has 0 amide bonds. The molecular weight excluding hydrogens is 384 g/mol. The number of hydrogen-bond donors (Lipinski definition) is 0. The SMILES string of the molecule is CC(C)(C)C(=O)C(C(=O)C(C)(C)C)=C1OC(=O)C(C(=O)C(C)(C)C)=C(C(C)(C)C)O1. The number of esters is 1. The molecule has 0 bridgehead atoms. The zero-order valence-electron chi connectivity index (χ0n) is 20.4. The van der Waals surface area contributed by atoms with Gasteiger partial charge in [0.1, 0.15) is 16.9 Å². The largest absolute Gasteiger partial charge is 0.428 e. The van der Waals surface area contributed by atoms with Crippen LogP contribution in [0.15, 0.2) is 22.9 Å². The van der Waals surface area contributed by atoms with E-state index in [0.29, 0.717) is 0 Å². The first-order valence-electron chi connectivity index (χ1n) is 10.1. The fourth-order valence-electron chi connectivity index (χ4n) is 2.63. The average Bonchev–Trinajstić information content (AvgIpc) is 2.50. The molecule has 168 valence electrons. The third-order valence-electron chi connectivity index (χ3n) is 4.42. The van der Waals surface area contributed by atoms with Crippen molar-refractivity contribution in [1.82, 2.24) is 0 Å². The molecule has 0 N–H and O–H groups in total. The summed E-state index contributed by atoms with van der Waals surface area (Å²) in [6.45, 7) is 20.5. The van der Waals surface area contributed by atoms with Crippen LogP contribution in [0.1, 0.15) is 83.1 Å². The minimum absolute atomic E-state index is 0.0922. The third kappa shape index (κ3) is 5.46. The number of rotatable bonds is 3. The molecule has 6 nitrogen and oxygen atoms in total. The normalized spacial score (nSPS) is 16.1. The molecule has 0 fully saturated rings. The summed E-state index contributed by atoms with van der Waals surface area (Å²) in [6.07, 6.45) is 0. The monoisotopic (exact) mass is 420 g/mol. The maximum Gasteiger partial charge on any atom is 0.353 e. The van der Waals surface area contributed by atoms with Crippen molar-refractivity contribution < 1.29 is 28.7 Å². The maximum absolute atomic E-state index is 13.2. The fraction of sp³-hybridized carbons (Fsp3) is 0.667. The van der Waals surface area contributed by atoms with E-state index >= 15 is 0 Å². The maximum atomic E-state index is 13.2. The van der Waals surface area contributed by atoms with Crippen LogP contribution in [-0.4, -0.2) is 23.3 Å². The first-order chi connectivity index (χ1) is 13.1. The van der Waals surface area contributed by atoms with Crippen LogP contribution in [0.3, 0.4) is 0 Å². The van der Waals surface area contributed by atoms with Gasteiger partial charge in [-0.2, -0.15) is 0 Å². The van der Waals surface area contributed by atoms with E-state index in [4.69, 9.17) is 9.47 Å². The lowest BCUT2D eigenvalue weighted by Gasteiger charge is -2.33. The van der Waals surface area contributed by atoms with Gasteiger partial charge in [-0.25, -0.2) is 4.79 Å². The van der Waals surface area contributed by atoms with E-state index in [0.717, 1.165) is 0 Å². The van der Waals surface area contributed by atoms with Crippen LogP contribution >= 0.6 is 0 Å². The number of Topliss-reactive ketones (excluding diaryl/α,β-unsaturated/α-hetero) is 3. The highest BCUT2D eigenvalue weighted by Gasteiger charge is 2.46. The highest BCUT2D eigenvalue weighted by molar-refractivity contribution is 6.24. The van der Waals surface area contributed by atoms with Crippen molar-refractivity contribution >= 4 is 23.3 Å². The van der Waals surface area contributed by atoms with Gasteiger partial charge in [-0.05, 0) is 0 Å². The van der Waals surface area contributed by atoms with Gasteiger partial charge in [0.15, 0.2) is 17.3 Å². The molecule has 0 saturated heterocycles. The molecule has 0 aliphatic carbocycles. The summed E-state index contributed by atoms with van der Waals surface area (Å²) in [7, 11) is 0. The molecule has 0 saturated carbocycles. The second-order valence-corrected chi connectivity index (χ2v) is 11.8. The molecule has 1 aliphatic rings. The Bertz CT molecular complexity index is 812. The molecule has 0 spiro atoms. The lowest BCUT2D eigenvalue weighted by Crippen LogP contribution is -2.38. The van der Waals surface area contributed by atoms with Crippen molar-refractivity contribution in [3.05, 3.63) is 22.9 Å². The van der Waals surface area contributed by atoms with Gasteiger partial charge < -0.3 is 9.47 Å². The summed E-state index contributed by atoms with van der Waals surface area (Å²) in [6, 6.07) is 0. The first kappa shape index (κ1) is 25.8. The lowest BCUT2D eigenvalue weighted by atomic mass is 9.78. The van der Waals surface area contributed by atoms with Gasteiger partial charge in [0.25, 0.3) is 0 Å². The van der Waals surface area contributed by atoms with Gasteiger partial charge in [-0.3, -0.25) is 14.4 Å². The summed E-state index contributed by atoms with van der Waals surface area (Å²) in [5, 5.41) is 0. The Balaban J connectivity index is 3.89. The van der Waals surface area contributed by atoms with Crippen LogP contribution < -0.4 is 0 Å². The van der Waals surface area contributed by atoms with E-state index in [1.807, 2.05) is 0 Å². The highest BCUT2D eigenvalue weighted by atomic mass is 16.7. The Morgan fingerprint density at radius 2 is 1.03 bits per heavy atom. The van der Waals surface area contributed by atoms with E-state index < -0.39 is 50.9 Å². The molecule has 1 heterocycles. The number of allylic oxidation sites excluding steroid dienone is 2. The Labute approximate surface area is 180 Å². The van der Waals surface area contributed by atoms with Crippen LogP contribution in [0.4, 0.5) is 0 Å². The van der Waals surface area contributed by atoms with Crippen LogP contribution in [0, 0.1) is 21.7 Å². The molecule has 0 unspecified atom stereocenters. The summed E-state index contributed by atoms with van der Waals surface area (Å²) >= 11 is 0. The van der Waals surface area contributed by atoms with Gasteiger partial charge in [0, 0.05) is 21.7 Å². The van der Waals surface area contributed by atoms with E-state index in [1.54, 1.807) is 83.1 Å².